The Morgan fingerprint density at radius 2 is 1.71 bits per heavy atom. The Hall–Kier alpha value is -3.98. The number of hydrogen-bond donors (Lipinski definition) is 1. The molecule has 4 rings (SSSR count). The molecule has 0 saturated heterocycles. The van der Waals surface area contributed by atoms with Gasteiger partial charge >= 0.3 is 11.7 Å². The number of amides is 1. The largest absolute Gasteiger partial charge is 0.462 e. The van der Waals surface area contributed by atoms with Crippen LogP contribution in [-0.4, -0.2) is 27.6 Å². The topological polar surface area (TPSA) is 99.4 Å². The third-order valence-corrected chi connectivity index (χ3v) is 6.72. The summed E-state index contributed by atoms with van der Waals surface area (Å²) in [6.45, 7) is 5.46. The van der Waals surface area contributed by atoms with E-state index in [2.05, 4.69) is 5.32 Å². The molecule has 0 radical (unpaired) electrons. The first-order chi connectivity index (χ1) is 16.8. The van der Waals surface area contributed by atoms with Crippen LogP contribution in [0.5, 0.6) is 0 Å². The van der Waals surface area contributed by atoms with Crippen molar-refractivity contribution >= 4 is 39.8 Å². The zero-order valence-electron chi connectivity index (χ0n) is 19.7. The number of esters is 1. The maximum absolute atomic E-state index is 13.1. The molecule has 8 nitrogen and oxygen atoms in total. The second-order valence-corrected chi connectivity index (χ2v) is 8.98. The van der Waals surface area contributed by atoms with E-state index >= 15 is 0 Å². The number of nitrogens with one attached hydrogen (secondary N) is 1. The smallest absolute Gasteiger partial charge is 0.350 e. The molecule has 0 saturated carbocycles. The number of nitrogens with zero attached hydrogens (tertiary/aromatic N) is 2. The summed E-state index contributed by atoms with van der Waals surface area (Å²) < 4.78 is 7.55. The van der Waals surface area contributed by atoms with Crippen LogP contribution in [0.3, 0.4) is 0 Å². The van der Waals surface area contributed by atoms with E-state index in [-0.39, 0.29) is 24.6 Å². The third-order valence-electron chi connectivity index (χ3n) is 5.55. The number of carbonyl (C=O) groups is 2. The van der Waals surface area contributed by atoms with Crippen molar-refractivity contribution in [2.75, 3.05) is 11.9 Å². The maximum Gasteiger partial charge on any atom is 0.350 e. The molecule has 0 aliphatic heterocycles. The number of thiophene rings is 1. The summed E-state index contributed by atoms with van der Waals surface area (Å²) in [4.78, 5) is 52.4. The molecule has 1 amide bonds. The number of para-hydroxylation sites is 1. The molecule has 0 aliphatic rings. The molecule has 2 aromatic heterocycles. The first kappa shape index (κ1) is 24.2. The standard InChI is InChI=1S/C26H25N3O5S/c1-4-28-24(31)18-8-6-7-9-20(18)29(26(28)33)15-22(30)27-19-14-21(17-12-10-16(3)11-13-17)35-23(19)25(32)34-5-2/h6-14H,4-5,15H2,1-3H3,(H,27,30). The SMILES string of the molecule is CCOC(=O)c1sc(-c2ccc(C)cc2)cc1NC(=O)Cn1c(=O)n(CC)c(=O)c2ccccc21. The second kappa shape index (κ2) is 10.1. The molecule has 0 bridgehead atoms. The van der Waals surface area contributed by atoms with Gasteiger partial charge in [0, 0.05) is 11.4 Å². The molecule has 4 aromatic rings. The summed E-state index contributed by atoms with van der Waals surface area (Å²) in [5.74, 6) is -1.04. The Morgan fingerprint density at radius 1 is 1.00 bits per heavy atom. The Labute approximate surface area is 205 Å². The number of ether oxygens (including phenoxy) is 1. The molecule has 35 heavy (non-hydrogen) atoms. The van der Waals surface area contributed by atoms with E-state index in [1.165, 1.54) is 15.9 Å². The summed E-state index contributed by atoms with van der Waals surface area (Å²) in [5.41, 5.74) is 1.74. The van der Waals surface area contributed by atoms with Crippen LogP contribution in [0.15, 0.2) is 64.2 Å². The lowest BCUT2D eigenvalue weighted by Crippen LogP contribution is -2.41. The fraction of sp³-hybridized carbons (Fsp3) is 0.231. The molecule has 0 atom stereocenters. The summed E-state index contributed by atoms with van der Waals surface area (Å²) in [7, 11) is 0. The van der Waals surface area contributed by atoms with E-state index in [4.69, 9.17) is 4.74 Å². The van der Waals surface area contributed by atoms with Gasteiger partial charge in [0.1, 0.15) is 11.4 Å². The second-order valence-electron chi connectivity index (χ2n) is 7.92. The lowest BCUT2D eigenvalue weighted by atomic mass is 10.1. The minimum atomic E-state index is -0.567. The van der Waals surface area contributed by atoms with Gasteiger partial charge < -0.3 is 10.1 Å². The summed E-state index contributed by atoms with van der Waals surface area (Å²) in [6, 6.07) is 16.2. The maximum atomic E-state index is 13.1. The van der Waals surface area contributed by atoms with Gasteiger partial charge in [-0.1, -0.05) is 42.0 Å². The highest BCUT2D eigenvalue weighted by Gasteiger charge is 2.21. The van der Waals surface area contributed by atoms with E-state index in [9.17, 15) is 19.2 Å². The van der Waals surface area contributed by atoms with Crippen molar-refractivity contribution in [3.63, 3.8) is 0 Å². The lowest BCUT2D eigenvalue weighted by Gasteiger charge is -2.13. The molecule has 1 N–H and O–H groups in total. The fourth-order valence-electron chi connectivity index (χ4n) is 3.83. The highest BCUT2D eigenvalue weighted by molar-refractivity contribution is 7.18. The molecule has 9 heteroatoms. The molecule has 2 aromatic carbocycles. The number of aryl methyl sites for hydroxylation is 1. The van der Waals surface area contributed by atoms with Crippen LogP contribution in [0.4, 0.5) is 5.69 Å². The number of rotatable bonds is 7. The van der Waals surface area contributed by atoms with Gasteiger partial charge in [0.05, 0.1) is 23.2 Å². The summed E-state index contributed by atoms with van der Waals surface area (Å²) in [6.07, 6.45) is 0. The number of carbonyl (C=O) groups excluding carboxylic acids is 2. The molecular formula is C26H25N3O5S. The van der Waals surface area contributed by atoms with Crippen LogP contribution >= 0.6 is 11.3 Å². The van der Waals surface area contributed by atoms with Crippen molar-refractivity contribution in [2.45, 2.75) is 33.9 Å². The Balaban J connectivity index is 1.71. The number of hydrogen-bond acceptors (Lipinski definition) is 6. The molecule has 0 aliphatic carbocycles. The third kappa shape index (κ3) is 4.81. The van der Waals surface area contributed by atoms with Crippen LogP contribution in [0.1, 0.15) is 29.1 Å². The molecule has 180 valence electrons. The number of aromatic nitrogens is 2. The van der Waals surface area contributed by atoms with Gasteiger partial charge in [-0.15, -0.1) is 11.3 Å². The van der Waals surface area contributed by atoms with Gasteiger partial charge in [-0.25, -0.2) is 9.59 Å². The highest BCUT2D eigenvalue weighted by Crippen LogP contribution is 2.35. The first-order valence-corrected chi connectivity index (χ1v) is 12.1. The molecular weight excluding hydrogens is 466 g/mol. The Kier molecular flexibility index (Phi) is 6.97. The normalized spacial score (nSPS) is 10.9. The minimum Gasteiger partial charge on any atom is -0.462 e. The molecule has 2 heterocycles. The fourth-order valence-corrected chi connectivity index (χ4v) is 4.84. The van der Waals surface area contributed by atoms with Crippen molar-refractivity contribution in [3.05, 3.63) is 85.9 Å². The minimum absolute atomic E-state index is 0.182. The summed E-state index contributed by atoms with van der Waals surface area (Å²) in [5, 5.41) is 3.12. The van der Waals surface area contributed by atoms with Crippen molar-refractivity contribution in [2.24, 2.45) is 0 Å². The van der Waals surface area contributed by atoms with Crippen molar-refractivity contribution < 1.29 is 14.3 Å². The van der Waals surface area contributed by atoms with Gasteiger partial charge in [-0.2, -0.15) is 0 Å². The average molecular weight is 492 g/mol. The molecule has 0 fully saturated rings. The van der Waals surface area contributed by atoms with Crippen LogP contribution in [0.2, 0.25) is 0 Å². The van der Waals surface area contributed by atoms with Crippen molar-refractivity contribution in [3.8, 4) is 10.4 Å². The zero-order chi connectivity index (χ0) is 25.1. The summed E-state index contributed by atoms with van der Waals surface area (Å²) >= 11 is 1.23. The van der Waals surface area contributed by atoms with Gasteiger partial charge in [-0.3, -0.25) is 18.7 Å². The average Bonchev–Trinajstić information content (AvgIpc) is 3.26. The number of benzene rings is 2. The van der Waals surface area contributed by atoms with Crippen molar-refractivity contribution in [1.29, 1.82) is 0 Å². The monoisotopic (exact) mass is 491 g/mol. The molecule has 0 unspecified atom stereocenters. The van der Waals surface area contributed by atoms with Gasteiger partial charge in [0.2, 0.25) is 5.91 Å². The van der Waals surface area contributed by atoms with Crippen LogP contribution in [0, 0.1) is 6.92 Å². The Morgan fingerprint density at radius 3 is 2.40 bits per heavy atom. The predicted molar refractivity (Wildman–Crippen MR) is 137 cm³/mol. The molecule has 0 spiro atoms. The van der Waals surface area contributed by atoms with E-state index in [0.717, 1.165) is 20.6 Å². The van der Waals surface area contributed by atoms with E-state index in [1.54, 1.807) is 44.2 Å². The lowest BCUT2D eigenvalue weighted by molar-refractivity contribution is -0.116. The van der Waals surface area contributed by atoms with E-state index in [0.29, 0.717) is 16.6 Å². The van der Waals surface area contributed by atoms with Crippen LogP contribution in [0.25, 0.3) is 21.3 Å². The quantitative estimate of drug-likeness (QED) is 0.394. The van der Waals surface area contributed by atoms with Crippen molar-refractivity contribution in [1.82, 2.24) is 9.13 Å². The van der Waals surface area contributed by atoms with Gasteiger partial charge in [0.25, 0.3) is 5.56 Å². The van der Waals surface area contributed by atoms with E-state index in [1.807, 2.05) is 31.2 Å². The zero-order valence-corrected chi connectivity index (χ0v) is 20.5. The van der Waals surface area contributed by atoms with E-state index < -0.39 is 23.1 Å². The van der Waals surface area contributed by atoms with Crippen LogP contribution < -0.4 is 16.6 Å². The number of fused-ring (bicyclic) bond motifs is 1. The number of anilines is 1. The Bertz CT molecular complexity index is 1530. The van der Waals surface area contributed by atoms with Crippen LogP contribution in [-0.2, 0) is 22.6 Å². The van der Waals surface area contributed by atoms with Gasteiger partial charge in [-0.05, 0) is 44.5 Å². The van der Waals surface area contributed by atoms with Gasteiger partial charge in [0.15, 0.2) is 0 Å². The first-order valence-electron chi connectivity index (χ1n) is 11.2. The highest BCUT2D eigenvalue weighted by atomic mass is 32.1. The predicted octanol–water partition coefficient (Wildman–Crippen LogP) is 4.04.